The summed E-state index contributed by atoms with van der Waals surface area (Å²) in [6, 6.07) is 6.54. The summed E-state index contributed by atoms with van der Waals surface area (Å²) < 4.78 is 4.78. The standard InChI is InChI=1S/C14H15NO4/c1-19-14(16)12-8-3-2-6-10(12)11-7-4-5-9-13(11)15(17)18/h4-5,7,9H,2-3,6,8H2,1H3. The Labute approximate surface area is 111 Å². The summed E-state index contributed by atoms with van der Waals surface area (Å²) in [6.07, 6.45) is 3.14. The Morgan fingerprint density at radius 3 is 2.63 bits per heavy atom. The van der Waals surface area contributed by atoms with Gasteiger partial charge in [0.05, 0.1) is 17.6 Å². The predicted octanol–water partition coefficient (Wildman–Crippen LogP) is 3.10. The van der Waals surface area contributed by atoms with Crippen LogP contribution in [0.2, 0.25) is 0 Å². The molecule has 100 valence electrons. The van der Waals surface area contributed by atoms with Crippen LogP contribution >= 0.6 is 0 Å². The zero-order valence-electron chi connectivity index (χ0n) is 10.7. The molecule has 0 heterocycles. The molecule has 0 atom stereocenters. The van der Waals surface area contributed by atoms with Crippen molar-refractivity contribution in [1.82, 2.24) is 0 Å². The third-order valence-electron chi connectivity index (χ3n) is 3.33. The van der Waals surface area contributed by atoms with Crippen molar-refractivity contribution in [2.24, 2.45) is 0 Å². The Bertz CT molecular complexity index is 548. The van der Waals surface area contributed by atoms with E-state index in [2.05, 4.69) is 0 Å². The predicted molar refractivity (Wildman–Crippen MR) is 70.5 cm³/mol. The smallest absolute Gasteiger partial charge is 0.334 e. The molecule has 1 aliphatic rings. The van der Waals surface area contributed by atoms with E-state index in [-0.39, 0.29) is 11.7 Å². The first kappa shape index (κ1) is 13.3. The van der Waals surface area contributed by atoms with Gasteiger partial charge in [-0.25, -0.2) is 4.79 Å². The van der Waals surface area contributed by atoms with Crippen LogP contribution in [0.4, 0.5) is 5.69 Å². The lowest BCUT2D eigenvalue weighted by atomic mass is 9.86. The highest BCUT2D eigenvalue weighted by molar-refractivity contribution is 5.99. The first-order valence-electron chi connectivity index (χ1n) is 6.19. The van der Waals surface area contributed by atoms with Gasteiger partial charge in [-0.3, -0.25) is 10.1 Å². The summed E-state index contributed by atoms with van der Waals surface area (Å²) in [6.45, 7) is 0. The van der Waals surface area contributed by atoms with Crippen LogP contribution in [0.25, 0.3) is 5.57 Å². The molecule has 1 aliphatic carbocycles. The summed E-state index contributed by atoms with van der Waals surface area (Å²) >= 11 is 0. The third-order valence-corrected chi connectivity index (χ3v) is 3.33. The molecular formula is C14H15NO4. The van der Waals surface area contributed by atoms with Crippen LogP contribution in [-0.2, 0) is 9.53 Å². The minimum Gasteiger partial charge on any atom is -0.466 e. The molecule has 0 saturated heterocycles. The molecule has 0 amide bonds. The molecule has 0 aliphatic heterocycles. The molecule has 0 bridgehead atoms. The molecule has 0 N–H and O–H groups in total. The molecule has 0 fully saturated rings. The van der Waals surface area contributed by atoms with Crippen LogP contribution in [0.1, 0.15) is 31.2 Å². The van der Waals surface area contributed by atoms with Gasteiger partial charge in [0.25, 0.3) is 5.69 Å². The van der Waals surface area contributed by atoms with E-state index in [9.17, 15) is 14.9 Å². The molecule has 0 radical (unpaired) electrons. The van der Waals surface area contributed by atoms with Crippen LogP contribution in [0.3, 0.4) is 0 Å². The summed E-state index contributed by atoms with van der Waals surface area (Å²) in [5.74, 6) is -0.382. The zero-order chi connectivity index (χ0) is 13.8. The minimum atomic E-state index is -0.411. The van der Waals surface area contributed by atoms with Crippen molar-refractivity contribution in [2.75, 3.05) is 7.11 Å². The van der Waals surface area contributed by atoms with E-state index in [1.165, 1.54) is 13.2 Å². The normalized spacial score (nSPS) is 15.2. The van der Waals surface area contributed by atoms with Crippen LogP contribution in [-0.4, -0.2) is 18.0 Å². The van der Waals surface area contributed by atoms with Gasteiger partial charge in [0, 0.05) is 11.6 Å². The van der Waals surface area contributed by atoms with Gasteiger partial charge in [-0.15, -0.1) is 0 Å². The van der Waals surface area contributed by atoms with Crippen molar-refractivity contribution in [3.05, 3.63) is 45.5 Å². The monoisotopic (exact) mass is 261 g/mol. The number of methoxy groups -OCH3 is 1. The zero-order valence-corrected chi connectivity index (χ0v) is 10.7. The number of allylic oxidation sites excluding steroid dienone is 1. The SMILES string of the molecule is COC(=O)C1=C(c2ccccc2[N+](=O)[O-])CCCC1. The van der Waals surface area contributed by atoms with E-state index >= 15 is 0 Å². The van der Waals surface area contributed by atoms with Crippen molar-refractivity contribution in [3.63, 3.8) is 0 Å². The molecule has 1 aromatic carbocycles. The topological polar surface area (TPSA) is 69.4 Å². The number of para-hydroxylation sites is 1. The number of esters is 1. The Kier molecular flexibility index (Phi) is 3.94. The van der Waals surface area contributed by atoms with Crippen molar-refractivity contribution >= 4 is 17.2 Å². The quantitative estimate of drug-likeness (QED) is 0.476. The fourth-order valence-electron chi connectivity index (χ4n) is 2.44. The number of nitrogens with zero attached hydrogens (tertiary/aromatic N) is 1. The second-order valence-electron chi connectivity index (χ2n) is 4.43. The number of carbonyl (C=O) groups is 1. The summed E-state index contributed by atoms with van der Waals surface area (Å²) in [5.41, 5.74) is 1.90. The molecule has 2 rings (SSSR count). The van der Waals surface area contributed by atoms with Gasteiger partial charge in [0.15, 0.2) is 0 Å². The van der Waals surface area contributed by atoms with Crippen LogP contribution < -0.4 is 0 Å². The summed E-state index contributed by atoms with van der Waals surface area (Å²) in [5, 5.41) is 11.1. The Hall–Kier alpha value is -2.17. The van der Waals surface area contributed by atoms with Gasteiger partial charge in [0.1, 0.15) is 0 Å². The van der Waals surface area contributed by atoms with Crippen LogP contribution in [0, 0.1) is 10.1 Å². The number of hydrogen-bond donors (Lipinski definition) is 0. The first-order valence-corrected chi connectivity index (χ1v) is 6.19. The number of carbonyl (C=O) groups excluding carboxylic acids is 1. The lowest BCUT2D eigenvalue weighted by Crippen LogP contribution is -2.11. The Morgan fingerprint density at radius 2 is 1.95 bits per heavy atom. The number of nitro benzene ring substituents is 1. The molecule has 1 aromatic rings. The van der Waals surface area contributed by atoms with E-state index in [0.717, 1.165) is 18.4 Å². The molecule has 5 heteroatoms. The number of benzene rings is 1. The van der Waals surface area contributed by atoms with Gasteiger partial charge in [-0.05, 0) is 37.3 Å². The lowest BCUT2D eigenvalue weighted by Gasteiger charge is -2.18. The van der Waals surface area contributed by atoms with E-state index < -0.39 is 4.92 Å². The largest absolute Gasteiger partial charge is 0.466 e. The summed E-state index contributed by atoms with van der Waals surface area (Å²) in [4.78, 5) is 22.4. The Morgan fingerprint density at radius 1 is 1.26 bits per heavy atom. The average Bonchev–Trinajstić information content (AvgIpc) is 2.46. The highest BCUT2D eigenvalue weighted by Crippen LogP contribution is 2.36. The maximum atomic E-state index is 11.8. The van der Waals surface area contributed by atoms with E-state index in [1.54, 1.807) is 18.2 Å². The fraction of sp³-hybridized carbons (Fsp3) is 0.357. The van der Waals surface area contributed by atoms with Gasteiger partial charge in [0.2, 0.25) is 0 Å². The molecule has 0 unspecified atom stereocenters. The second kappa shape index (κ2) is 5.65. The molecule has 5 nitrogen and oxygen atoms in total. The van der Waals surface area contributed by atoms with E-state index in [0.29, 0.717) is 24.0 Å². The van der Waals surface area contributed by atoms with Crippen molar-refractivity contribution in [2.45, 2.75) is 25.7 Å². The number of nitro groups is 1. The highest BCUT2D eigenvalue weighted by Gasteiger charge is 2.25. The van der Waals surface area contributed by atoms with Gasteiger partial charge in [-0.2, -0.15) is 0 Å². The second-order valence-corrected chi connectivity index (χ2v) is 4.43. The number of hydrogen-bond acceptors (Lipinski definition) is 4. The van der Waals surface area contributed by atoms with Crippen molar-refractivity contribution in [1.29, 1.82) is 0 Å². The van der Waals surface area contributed by atoms with E-state index in [1.807, 2.05) is 0 Å². The van der Waals surface area contributed by atoms with Gasteiger partial charge >= 0.3 is 5.97 Å². The molecule has 0 aromatic heterocycles. The molecule has 0 saturated carbocycles. The number of rotatable bonds is 3. The first-order chi connectivity index (χ1) is 9.15. The van der Waals surface area contributed by atoms with Gasteiger partial charge < -0.3 is 4.74 Å². The maximum absolute atomic E-state index is 11.8. The van der Waals surface area contributed by atoms with Gasteiger partial charge in [-0.1, -0.05) is 12.1 Å². The maximum Gasteiger partial charge on any atom is 0.334 e. The third kappa shape index (κ3) is 2.65. The number of ether oxygens (including phenoxy) is 1. The van der Waals surface area contributed by atoms with Crippen molar-refractivity contribution in [3.8, 4) is 0 Å². The minimum absolute atomic E-state index is 0.0424. The highest BCUT2D eigenvalue weighted by atomic mass is 16.6. The van der Waals surface area contributed by atoms with Crippen molar-refractivity contribution < 1.29 is 14.5 Å². The molecule has 0 spiro atoms. The Balaban J connectivity index is 2.57. The average molecular weight is 261 g/mol. The molecule has 19 heavy (non-hydrogen) atoms. The summed E-state index contributed by atoms with van der Waals surface area (Å²) in [7, 11) is 1.33. The fourth-order valence-corrected chi connectivity index (χ4v) is 2.44. The van der Waals surface area contributed by atoms with E-state index in [4.69, 9.17) is 4.74 Å². The lowest BCUT2D eigenvalue weighted by molar-refractivity contribution is -0.385. The van der Waals surface area contributed by atoms with Crippen LogP contribution in [0.15, 0.2) is 29.8 Å². The molecular weight excluding hydrogens is 246 g/mol. The van der Waals surface area contributed by atoms with Crippen LogP contribution in [0.5, 0.6) is 0 Å².